The van der Waals surface area contributed by atoms with Crippen LogP contribution in [0.5, 0.6) is 0 Å². The van der Waals surface area contributed by atoms with E-state index in [2.05, 4.69) is 52.4 Å². The van der Waals surface area contributed by atoms with Crippen LogP contribution in [0.25, 0.3) is 0 Å². The van der Waals surface area contributed by atoms with E-state index in [1.54, 1.807) is 29.7 Å². The van der Waals surface area contributed by atoms with Gasteiger partial charge in [0.15, 0.2) is 5.76 Å². The van der Waals surface area contributed by atoms with Gasteiger partial charge >= 0.3 is 0 Å². The van der Waals surface area contributed by atoms with Crippen molar-refractivity contribution in [1.82, 2.24) is 9.80 Å². The number of anilines is 1. The lowest BCUT2D eigenvalue weighted by Gasteiger charge is -2.40. The van der Waals surface area contributed by atoms with Gasteiger partial charge in [0.25, 0.3) is 5.91 Å². The van der Waals surface area contributed by atoms with E-state index in [9.17, 15) is 4.79 Å². The first-order chi connectivity index (χ1) is 15.7. The molecule has 1 unspecified atom stereocenters. The van der Waals surface area contributed by atoms with Crippen LogP contribution < -0.4 is 5.32 Å². The summed E-state index contributed by atoms with van der Waals surface area (Å²) in [4.78, 5) is 19.5. The molecule has 0 spiro atoms. The zero-order valence-corrected chi connectivity index (χ0v) is 19.5. The largest absolute Gasteiger partial charge is 0.459 e. The topological polar surface area (TPSA) is 48.7 Å². The minimum atomic E-state index is -0.169. The van der Waals surface area contributed by atoms with Crippen molar-refractivity contribution in [2.24, 2.45) is 0 Å². The summed E-state index contributed by atoms with van der Waals surface area (Å²) in [6.45, 7) is 7.57. The van der Waals surface area contributed by atoms with Crippen molar-refractivity contribution in [1.29, 1.82) is 0 Å². The van der Waals surface area contributed by atoms with Gasteiger partial charge in [0.2, 0.25) is 0 Å². The quantitative estimate of drug-likeness (QED) is 0.562. The molecule has 2 aliphatic rings. The zero-order chi connectivity index (χ0) is 21.9. The van der Waals surface area contributed by atoms with Gasteiger partial charge in [-0.25, -0.2) is 0 Å². The van der Waals surface area contributed by atoms with Gasteiger partial charge in [-0.05, 0) is 55.5 Å². The van der Waals surface area contributed by atoms with Crippen LogP contribution >= 0.6 is 11.3 Å². The molecular weight excluding hydrogens is 418 g/mol. The molecule has 1 fully saturated rings. The molecule has 5 rings (SSSR count). The molecule has 1 N–H and O–H groups in total. The number of aryl methyl sites for hydroxylation is 1. The first kappa shape index (κ1) is 21.4. The molecule has 0 radical (unpaired) electrons. The van der Waals surface area contributed by atoms with Crippen LogP contribution in [0.4, 0.5) is 5.00 Å². The molecule has 6 heteroatoms. The molecule has 3 aromatic rings. The lowest BCUT2D eigenvalue weighted by Crippen LogP contribution is -2.47. The Balaban J connectivity index is 1.57. The number of hydrogen-bond donors (Lipinski definition) is 1. The van der Waals surface area contributed by atoms with E-state index < -0.39 is 0 Å². The average Bonchev–Trinajstić information content (AvgIpc) is 3.50. The number of nitrogens with zero attached hydrogens (tertiary/aromatic N) is 2. The van der Waals surface area contributed by atoms with Gasteiger partial charge in [-0.1, -0.05) is 37.3 Å². The summed E-state index contributed by atoms with van der Waals surface area (Å²) >= 11 is 1.77. The van der Waals surface area contributed by atoms with Gasteiger partial charge in [-0.2, -0.15) is 0 Å². The van der Waals surface area contributed by atoms with Gasteiger partial charge in [0.1, 0.15) is 5.00 Å². The van der Waals surface area contributed by atoms with Crippen LogP contribution in [0.2, 0.25) is 0 Å². The van der Waals surface area contributed by atoms with E-state index >= 15 is 0 Å². The maximum Gasteiger partial charge on any atom is 0.291 e. The van der Waals surface area contributed by atoms with Crippen LogP contribution in [0.1, 0.15) is 57.9 Å². The Bertz CT molecular complexity index is 1040. The predicted octanol–water partition coefficient (Wildman–Crippen LogP) is 5.20. The molecule has 1 atom stereocenters. The molecule has 0 bridgehead atoms. The minimum absolute atomic E-state index is 0.153. The summed E-state index contributed by atoms with van der Waals surface area (Å²) in [6, 6.07) is 14.5. The Labute approximate surface area is 194 Å². The summed E-state index contributed by atoms with van der Waals surface area (Å²) in [6.07, 6.45) is 6.19. The number of benzene rings is 1. The lowest BCUT2D eigenvalue weighted by molar-refractivity contribution is 0.0995. The number of hydrogen-bond acceptors (Lipinski definition) is 5. The Morgan fingerprint density at radius 1 is 1.06 bits per heavy atom. The molecule has 0 saturated carbocycles. The monoisotopic (exact) mass is 449 g/mol. The van der Waals surface area contributed by atoms with Gasteiger partial charge in [0.05, 0.1) is 12.3 Å². The molecule has 1 aliphatic heterocycles. The van der Waals surface area contributed by atoms with Crippen LogP contribution in [-0.2, 0) is 12.8 Å². The number of carbonyl (C=O) groups is 1. The fourth-order valence-electron chi connectivity index (χ4n) is 5.08. The van der Waals surface area contributed by atoms with Crippen LogP contribution in [-0.4, -0.2) is 48.4 Å². The van der Waals surface area contributed by atoms with Gasteiger partial charge in [-0.15, -0.1) is 11.3 Å². The average molecular weight is 450 g/mol. The Morgan fingerprint density at radius 2 is 1.84 bits per heavy atom. The van der Waals surface area contributed by atoms with Gasteiger partial charge < -0.3 is 14.6 Å². The number of nitrogens with one attached hydrogen (secondary N) is 1. The fraction of sp³-hybridized carbons (Fsp3) is 0.423. The van der Waals surface area contributed by atoms with Crippen molar-refractivity contribution < 1.29 is 9.21 Å². The second-order valence-electron chi connectivity index (χ2n) is 8.67. The first-order valence-electron chi connectivity index (χ1n) is 11.7. The Hall–Kier alpha value is -2.41. The highest BCUT2D eigenvalue weighted by molar-refractivity contribution is 7.16. The molecule has 1 amide bonds. The summed E-state index contributed by atoms with van der Waals surface area (Å²) in [5.74, 6) is 0.188. The Kier molecular flexibility index (Phi) is 6.44. The predicted molar refractivity (Wildman–Crippen MR) is 130 cm³/mol. The molecule has 1 aromatic carbocycles. The van der Waals surface area contributed by atoms with Crippen molar-refractivity contribution >= 4 is 22.2 Å². The summed E-state index contributed by atoms with van der Waals surface area (Å²) < 4.78 is 5.37. The molecule has 32 heavy (non-hydrogen) atoms. The Morgan fingerprint density at radius 3 is 2.56 bits per heavy atom. The standard InChI is InChI=1S/C26H31N3O2S/c1-2-28-14-16-29(17-15-28)24(19-9-4-3-5-10-19)23-20-11-6-7-13-22(20)32-26(23)27-25(30)21-12-8-18-31-21/h3-5,8-10,12,18,24H,2,6-7,11,13-17H2,1H3,(H,27,30). The van der Waals surface area contributed by atoms with E-state index in [1.165, 1.54) is 34.4 Å². The number of fused-ring (bicyclic) bond motifs is 1. The van der Waals surface area contributed by atoms with E-state index in [-0.39, 0.29) is 11.9 Å². The summed E-state index contributed by atoms with van der Waals surface area (Å²) in [5, 5.41) is 4.22. The molecule has 2 aromatic heterocycles. The molecule has 1 aliphatic carbocycles. The lowest BCUT2D eigenvalue weighted by atomic mass is 9.88. The van der Waals surface area contributed by atoms with Crippen molar-refractivity contribution in [3.8, 4) is 0 Å². The number of amides is 1. The number of furan rings is 1. The van der Waals surface area contributed by atoms with E-state index in [1.807, 2.05) is 0 Å². The highest BCUT2D eigenvalue weighted by Crippen LogP contribution is 2.45. The van der Waals surface area contributed by atoms with Crippen LogP contribution in [0.3, 0.4) is 0 Å². The van der Waals surface area contributed by atoms with E-state index in [0.29, 0.717) is 5.76 Å². The minimum Gasteiger partial charge on any atom is -0.459 e. The molecule has 168 valence electrons. The number of likely N-dealkylation sites (N-methyl/N-ethyl adjacent to an activating group) is 1. The van der Waals surface area contributed by atoms with Gasteiger partial charge in [0, 0.05) is 36.6 Å². The fourth-order valence-corrected chi connectivity index (χ4v) is 6.39. The van der Waals surface area contributed by atoms with Crippen molar-refractivity contribution in [3.63, 3.8) is 0 Å². The third-order valence-corrected chi connectivity index (χ3v) is 8.02. The zero-order valence-electron chi connectivity index (χ0n) is 18.7. The highest BCUT2D eigenvalue weighted by atomic mass is 32.1. The maximum atomic E-state index is 12.9. The summed E-state index contributed by atoms with van der Waals surface area (Å²) in [5.41, 5.74) is 4.07. The highest BCUT2D eigenvalue weighted by Gasteiger charge is 2.33. The van der Waals surface area contributed by atoms with Crippen LogP contribution in [0.15, 0.2) is 53.1 Å². The van der Waals surface area contributed by atoms with Crippen molar-refractivity contribution in [2.45, 2.75) is 38.6 Å². The normalized spacial score (nSPS) is 18.3. The third kappa shape index (κ3) is 4.27. The second-order valence-corrected chi connectivity index (χ2v) is 9.77. The first-order valence-corrected chi connectivity index (χ1v) is 12.6. The molecule has 3 heterocycles. The van der Waals surface area contributed by atoms with Crippen LogP contribution in [0, 0.1) is 0 Å². The van der Waals surface area contributed by atoms with E-state index in [4.69, 9.17) is 4.42 Å². The SMILES string of the molecule is CCN1CCN(C(c2ccccc2)c2c(NC(=O)c3ccco3)sc3c2CCCC3)CC1. The molecular formula is C26H31N3O2S. The number of thiophene rings is 1. The van der Waals surface area contributed by atoms with Crippen molar-refractivity contribution in [3.05, 3.63) is 76.1 Å². The molecule has 5 nitrogen and oxygen atoms in total. The second kappa shape index (κ2) is 9.61. The number of carbonyl (C=O) groups excluding carboxylic acids is 1. The molecule has 1 saturated heterocycles. The maximum absolute atomic E-state index is 12.9. The smallest absolute Gasteiger partial charge is 0.291 e. The third-order valence-electron chi connectivity index (χ3n) is 6.79. The van der Waals surface area contributed by atoms with Gasteiger partial charge in [-0.3, -0.25) is 9.69 Å². The summed E-state index contributed by atoms with van der Waals surface area (Å²) in [7, 11) is 0. The van der Waals surface area contributed by atoms with Crippen molar-refractivity contribution in [2.75, 3.05) is 38.0 Å². The number of piperazine rings is 1. The van der Waals surface area contributed by atoms with E-state index in [0.717, 1.165) is 50.6 Å². The number of rotatable bonds is 6.